The molecule has 3 rings (SSSR count). The maximum atomic E-state index is 12.6. The van der Waals surface area contributed by atoms with Gasteiger partial charge in [0.15, 0.2) is 0 Å². The molecule has 0 unspecified atom stereocenters. The molecule has 0 aromatic heterocycles. The average molecular weight is 332 g/mol. The van der Waals surface area contributed by atoms with Crippen molar-refractivity contribution in [2.24, 2.45) is 5.73 Å². The van der Waals surface area contributed by atoms with E-state index in [1.165, 1.54) is 16.3 Å². The number of carbonyl (C=O) groups is 1. The van der Waals surface area contributed by atoms with E-state index in [4.69, 9.17) is 5.73 Å². The van der Waals surface area contributed by atoms with E-state index in [0.29, 0.717) is 13.0 Å². The van der Waals surface area contributed by atoms with Gasteiger partial charge < -0.3 is 10.6 Å². The molecule has 128 valence electrons. The van der Waals surface area contributed by atoms with Gasteiger partial charge in [-0.15, -0.1) is 0 Å². The molecule has 0 spiro atoms. The quantitative estimate of drug-likeness (QED) is 0.775. The summed E-state index contributed by atoms with van der Waals surface area (Å²) in [5.74, 6) is -0.0344. The van der Waals surface area contributed by atoms with Crippen LogP contribution in [0.4, 0.5) is 0 Å². The lowest BCUT2D eigenvalue weighted by molar-refractivity contribution is -0.131. The maximum Gasteiger partial charge on any atom is 0.239 e. The number of hydrogen-bond donors (Lipinski definition) is 1. The number of carbonyl (C=O) groups excluding carboxylic acids is 1. The topological polar surface area (TPSA) is 46.3 Å². The first-order valence-electron chi connectivity index (χ1n) is 8.57. The second kappa shape index (κ2) is 7.49. The second-order valence-electron chi connectivity index (χ2n) is 6.68. The van der Waals surface area contributed by atoms with Gasteiger partial charge >= 0.3 is 0 Å². The molecule has 0 aliphatic rings. The summed E-state index contributed by atoms with van der Waals surface area (Å²) < 4.78 is 0. The van der Waals surface area contributed by atoms with Crippen LogP contribution in [0.2, 0.25) is 0 Å². The Kier molecular flexibility index (Phi) is 5.15. The summed E-state index contributed by atoms with van der Waals surface area (Å²) in [5.41, 5.74) is 9.62. The molecule has 0 saturated heterocycles. The Balaban J connectivity index is 1.67. The SMILES string of the molecule is Cc1ccc2cc(C[C@H](N)C(=O)N(C)Cc3ccccc3)ccc2c1. The zero-order valence-corrected chi connectivity index (χ0v) is 14.8. The van der Waals surface area contributed by atoms with Gasteiger partial charge in [0.25, 0.3) is 0 Å². The standard InChI is InChI=1S/C22H24N2O/c1-16-8-10-20-13-18(9-11-19(20)12-16)14-21(23)22(25)24(2)15-17-6-4-3-5-7-17/h3-13,21H,14-15,23H2,1-2H3/t21-/m0/s1. The zero-order chi connectivity index (χ0) is 17.8. The second-order valence-corrected chi connectivity index (χ2v) is 6.68. The number of nitrogens with zero attached hydrogens (tertiary/aromatic N) is 1. The van der Waals surface area contributed by atoms with Crippen molar-refractivity contribution in [2.75, 3.05) is 7.05 Å². The van der Waals surface area contributed by atoms with Gasteiger partial charge in [0.1, 0.15) is 0 Å². The normalized spacial score (nSPS) is 12.1. The number of fused-ring (bicyclic) bond motifs is 1. The van der Waals surface area contributed by atoms with Crippen molar-refractivity contribution in [1.29, 1.82) is 0 Å². The largest absolute Gasteiger partial charge is 0.340 e. The van der Waals surface area contributed by atoms with Gasteiger partial charge in [-0.25, -0.2) is 0 Å². The summed E-state index contributed by atoms with van der Waals surface area (Å²) in [4.78, 5) is 14.3. The van der Waals surface area contributed by atoms with Gasteiger partial charge in [-0.3, -0.25) is 4.79 Å². The van der Waals surface area contributed by atoms with E-state index < -0.39 is 6.04 Å². The minimum atomic E-state index is -0.531. The Bertz CT molecular complexity index is 874. The van der Waals surface area contributed by atoms with Crippen LogP contribution in [-0.4, -0.2) is 23.9 Å². The number of nitrogens with two attached hydrogens (primary N) is 1. The lowest BCUT2D eigenvalue weighted by atomic mass is 10.0. The highest BCUT2D eigenvalue weighted by molar-refractivity contribution is 5.85. The van der Waals surface area contributed by atoms with Crippen molar-refractivity contribution in [3.05, 3.63) is 83.4 Å². The molecule has 0 heterocycles. The average Bonchev–Trinajstić information content (AvgIpc) is 2.62. The van der Waals surface area contributed by atoms with E-state index in [1.807, 2.05) is 30.3 Å². The predicted molar refractivity (Wildman–Crippen MR) is 103 cm³/mol. The highest BCUT2D eigenvalue weighted by Crippen LogP contribution is 2.18. The molecular weight excluding hydrogens is 308 g/mol. The Morgan fingerprint density at radius 1 is 0.960 bits per heavy atom. The fourth-order valence-corrected chi connectivity index (χ4v) is 3.10. The van der Waals surface area contributed by atoms with Crippen LogP contribution in [0.15, 0.2) is 66.7 Å². The van der Waals surface area contributed by atoms with Crippen molar-refractivity contribution in [3.8, 4) is 0 Å². The molecule has 0 bridgehead atoms. The van der Waals surface area contributed by atoms with Crippen LogP contribution in [0, 0.1) is 6.92 Å². The van der Waals surface area contributed by atoms with Crippen LogP contribution in [0.1, 0.15) is 16.7 Å². The predicted octanol–water partition coefficient (Wildman–Crippen LogP) is 3.68. The van der Waals surface area contributed by atoms with Crippen LogP contribution in [0.25, 0.3) is 10.8 Å². The van der Waals surface area contributed by atoms with Crippen LogP contribution >= 0.6 is 0 Å². The van der Waals surface area contributed by atoms with Crippen LogP contribution < -0.4 is 5.73 Å². The summed E-state index contributed by atoms with van der Waals surface area (Å²) in [6, 6.07) is 22.1. The summed E-state index contributed by atoms with van der Waals surface area (Å²) >= 11 is 0. The third kappa shape index (κ3) is 4.25. The first kappa shape index (κ1) is 17.2. The number of rotatable bonds is 5. The lowest BCUT2D eigenvalue weighted by Gasteiger charge is -2.21. The molecule has 0 fully saturated rings. The highest BCUT2D eigenvalue weighted by Gasteiger charge is 2.18. The number of benzene rings is 3. The first-order chi connectivity index (χ1) is 12.0. The van der Waals surface area contributed by atoms with Crippen LogP contribution in [0.3, 0.4) is 0 Å². The number of hydrogen-bond acceptors (Lipinski definition) is 2. The van der Waals surface area contributed by atoms with Crippen molar-refractivity contribution < 1.29 is 4.79 Å². The first-order valence-corrected chi connectivity index (χ1v) is 8.57. The summed E-state index contributed by atoms with van der Waals surface area (Å²) in [7, 11) is 1.80. The van der Waals surface area contributed by atoms with E-state index in [9.17, 15) is 4.79 Å². The molecule has 0 aliphatic heterocycles. The molecule has 3 nitrogen and oxygen atoms in total. The van der Waals surface area contributed by atoms with E-state index in [0.717, 1.165) is 11.1 Å². The molecule has 3 heteroatoms. The van der Waals surface area contributed by atoms with Gasteiger partial charge in [0, 0.05) is 13.6 Å². The Hall–Kier alpha value is -2.65. The van der Waals surface area contributed by atoms with E-state index >= 15 is 0 Å². The molecule has 0 saturated carbocycles. The van der Waals surface area contributed by atoms with Crippen molar-refractivity contribution >= 4 is 16.7 Å². The van der Waals surface area contributed by atoms with Gasteiger partial charge in [-0.05, 0) is 35.2 Å². The van der Waals surface area contributed by atoms with Crippen molar-refractivity contribution in [3.63, 3.8) is 0 Å². The molecule has 3 aromatic rings. The molecule has 1 atom stereocenters. The Morgan fingerprint density at radius 2 is 1.64 bits per heavy atom. The third-order valence-corrected chi connectivity index (χ3v) is 4.47. The molecule has 25 heavy (non-hydrogen) atoms. The zero-order valence-electron chi connectivity index (χ0n) is 14.8. The Morgan fingerprint density at radius 3 is 2.40 bits per heavy atom. The fourth-order valence-electron chi connectivity index (χ4n) is 3.10. The van der Waals surface area contributed by atoms with Gasteiger partial charge in [-0.2, -0.15) is 0 Å². The smallest absolute Gasteiger partial charge is 0.239 e. The molecule has 3 aromatic carbocycles. The van der Waals surface area contributed by atoms with E-state index in [-0.39, 0.29) is 5.91 Å². The molecule has 1 amide bonds. The minimum Gasteiger partial charge on any atom is -0.340 e. The van der Waals surface area contributed by atoms with E-state index in [2.05, 4.69) is 43.3 Å². The molecule has 0 radical (unpaired) electrons. The monoisotopic (exact) mass is 332 g/mol. The third-order valence-electron chi connectivity index (χ3n) is 4.47. The summed E-state index contributed by atoms with van der Waals surface area (Å²) in [5, 5.41) is 2.39. The lowest BCUT2D eigenvalue weighted by Crippen LogP contribution is -2.42. The molecule has 2 N–H and O–H groups in total. The number of amides is 1. The van der Waals surface area contributed by atoms with E-state index in [1.54, 1.807) is 11.9 Å². The highest BCUT2D eigenvalue weighted by atomic mass is 16.2. The fraction of sp³-hybridized carbons (Fsp3) is 0.227. The maximum absolute atomic E-state index is 12.6. The number of likely N-dealkylation sites (N-methyl/N-ethyl adjacent to an activating group) is 1. The summed E-state index contributed by atoms with van der Waals surface area (Å²) in [6.07, 6.45) is 0.543. The van der Waals surface area contributed by atoms with Gasteiger partial charge in [0.2, 0.25) is 5.91 Å². The molecule has 0 aliphatic carbocycles. The van der Waals surface area contributed by atoms with Crippen LogP contribution in [0.5, 0.6) is 0 Å². The van der Waals surface area contributed by atoms with Gasteiger partial charge in [0.05, 0.1) is 6.04 Å². The minimum absolute atomic E-state index is 0.0344. The Labute approximate surface area is 149 Å². The van der Waals surface area contributed by atoms with Crippen molar-refractivity contribution in [1.82, 2.24) is 4.90 Å². The van der Waals surface area contributed by atoms with Gasteiger partial charge in [-0.1, -0.05) is 72.3 Å². The molecular formula is C22H24N2O. The van der Waals surface area contributed by atoms with Crippen molar-refractivity contribution in [2.45, 2.75) is 25.9 Å². The van der Waals surface area contributed by atoms with Crippen LogP contribution in [-0.2, 0) is 17.8 Å². The number of aryl methyl sites for hydroxylation is 1. The summed E-state index contributed by atoms with van der Waals surface area (Å²) in [6.45, 7) is 2.66.